The topological polar surface area (TPSA) is 278 Å². The maximum atomic E-state index is 14.0. The van der Waals surface area contributed by atoms with Gasteiger partial charge in [-0.25, -0.2) is 14.4 Å². The number of phenolic OH excluding ortho intramolecular Hbond substituents is 7. The molecule has 0 radical (unpaired) electrons. The van der Waals surface area contributed by atoms with Crippen LogP contribution in [0.2, 0.25) is 0 Å². The molecule has 4 aromatic carbocycles. The summed E-state index contributed by atoms with van der Waals surface area (Å²) in [5.41, 5.74) is 0.325. The number of carboxylic acid groups (broad SMARTS) is 2. The summed E-state index contributed by atoms with van der Waals surface area (Å²) in [6, 6.07) is 12.8. The number of phenols is 7. The van der Waals surface area contributed by atoms with Crippen molar-refractivity contribution >= 4 is 30.0 Å². The molecule has 4 aromatic rings. The van der Waals surface area contributed by atoms with E-state index in [4.69, 9.17) is 14.2 Å². The fourth-order valence-electron chi connectivity index (χ4n) is 5.55. The van der Waals surface area contributed by atoms with Crippen LogP contribution in [0.5, 0.6) is 46.0 Å². The molecule has 0 spiro atoms. The van der Waals surface area contributed by atoms with Crippen LogP contribution in [0.25, 0.3) is 6.08 Å². The third-order valence-electron chi connectivity index (χ3n) is 7.96. The number of carbonyl (C=O) groups excluding carboxylic acids is 2. The summed E-state index contributed by atoms with van der Waals surface area (Å²) in [6.07, 6.45) is -3.93. The number of hydrogen-bond acceptors (Lipinski definition) is 14. The van der Waals surface area contributed by atoms with E-state index in [0.29, 0.717) is 0 Å². The third-order valence-corrected chi connectivity index (χ3v) is 7.96. The number of hydrogen-bond donors (Lipinski definition) is 9. The zero-order chi connectivity index (χ0) is 37.9. The van der Waals surface area contributed by atoms with E-state index >= 15 is 0 Å². The highest BCUT2D eigenvalue weighted by Gasteiger charge is 2.46. The number of fused-ring (bicyclic) bond motifs is 1. The number of carboxylic acids is 2. The van der Waals surface area contributed by atoms with Gasteiger partial charge in [0.05, 0.1) is 0 Å². The highest BCUT2D eigenvalue weighted by Crippen LogP contribution is 2.53. The minimum Gasteiger partial charge on any atom is -0.508 e. The lowest BCUT2D eigenvalue weighted by Gasteiger charge is -2.22. The largest absolute Gasteiger partial charge is 0.508 e. The number of esters is 2. The molecule has 5 rings (SSSR count). The second-order valence-electron chi connectivity index (χ2n) is 11.6. The third kappa shape index (κ3) is 8.02. The Labute approximate surface area is 292 Å². The first-order chi connectivity index (χ1) is 24.6. The van der Waals surface area contributed by atoms with Crippen molar-refractivity contribution in [2.75, 3.05) is 0 Å². The summed E-state index contributed by atoms with van der Waals surface area (Å²) in [6.45, 7) is 0. The molecule has 16 nitrogen and oxygen atoms in total. The quantitative estimate of drug-likeness (QED) is 0.0577. The van der Waals surface area contributed by atoms with E-state index in [1.807, 2.05) is 0 Å². The Morgan fingerprint density at radius 1 is 0.654 bits per heavy atom. The van der Waals surface area contributed by atoms with Crippen LogP contribution in [0.4, 0.5) is 0 Å². The van der Waals surface area contributed by atoms with Crippen LogP contribution in [0.3, 0.4) is 0 Å². The Hall–Kier alpha value is -7.10. The molecule has 0 saturated heterocycles. The Kier molecular flexibility index (Phi) is 10.3. The summed E-state index contributed by atoms with van der Waals surface area (Å²) >= 11 is 0. The van der Waals surface area contributed by atoms with Crippen LogP contribution in [0.1, 0.15) is 39.8 Å². The minimum atomic E-state index is -1.85. The minimum absolute atomic E-state index is 0.00397. The van der Waals surface area contributed by atoms with Crippen molar-refractivity contribution in [1.82, 2.24) is 0 Å². The van der Waals surface area contributed by atoms with Gasteiger partial charge in [-0.3, -0.25) is 4.79 Å². The molecule has 1 heterocycles. The van der Waals surface area contributed by atoms with Crippen molar-refractivity contribution in [1.29, 1.82) is 0 Å². The van der Waals surface area contributed by atoms with E-state index in [2.05, 4.69) is 0 Å². The van der Waals surface area contributed by atoms with Crippen molar-refractivity contribution in [2.45, 2.75) is 37.1 Å². The zero-order valence-corrected chi connectivity index (χ0v) is 26.6. The van der Waals surface area contributed by atoms with Gasteiger partial charge in [0.1, 0.15) is 23.5 Å². The predicted octanol–water partition coefficient (Wildman–Crippen LogP) is 3.33. The van der Waals surface area contributed by atoms with Crippen molar-refractivity contribution < 1.29 is 79.3 Å². The first-order valence-electron chi connectivity index (χ1n) is 15.2. The van der Waals surface area contributed by atoms with Gasteiger partial charge < -0.3 is 60.2 Å². The summed E-state index contributed by atoms with van der Waals surface area (Å²) in [5.74, 6) is -10.7. The molecule has 1 aliphatic heterocycles. The lowest BCUT2D eigenvalue weighted by molar-refractivity contribution is -0.166. The molecular weight excluding hydrogens is 688 g/mol. The predicted molar refractivity (Wildman–Crippen MR) is 175 cm³/mol. The maximum absolute atomic E-state index is 14.0. The molecule has 52 heavy (non-hydrogen) atoms. The van der Waals surface area contributed by atoms with Gasteiger partial charge >= 0.3 is 23.9 Å². The van der Waals surface area contributed by atoms with Crippen LogP contribution >= 0.6 is 0 Å². The fraction of sp³-hybridized carbons (Fsp3) is 0.167. The molecule has 1 aliphatic rings. The van der Waals surface area contributed by atoms with E-state index in [0.717, 1.165) is 60.7 Å². The SMILES string of the molecule is O=C(/C=C/c1ccc(O)c2c1C(C(=O)OC(Cc1ccc(O)c(O)c1)C(=O)O)C(c1cc(O)cc(O)c1)O2)OC(Cc1ccc(O)c(O)c1)C(=O)O. The second-order valence-corrected chi connectivity index (χ2v) is 11.6. The number of rotatable bonds is 12. The Bertz CT molecular complexity index is 2070. The van der Waals surface area contributed by atoms with Crippen LogP contribution in [0, 0.1) is 0 Å². The Morgan fingerprint density at radius 3 is 1.69 bits per heavy atom. The molecule has 0 fully saturated rings. The number of benzene rings is 4. The van der Waals surface area contributed by atoms with Gasteiger partial charge in [0.15, 0.2) is 34.5 Å². The van der Waals surface area contributed by atoms with E-state index in [1.54, 1.807) is 0 Å². The van der Waals surface area contributed by atoms with Crippen molar-refractivity contribution in [3.8, 4) is 46.0 Å². The molecule has 0 aromatic heterocycles. The highest BCUT2D eigenvalue weighted by molar-refractivity contribution is 5.92. The lowest BCUT2D eigenvalue weighted by atomic mass is 9.87. The first kappa shape index (κ1) is 36.2. The van der Waals surface area contributed by atoms with Gasteiger partial charge in [-0.2, -0.15) is 0 Å². The summed E-state index contributed by atoms with van der Waals surface area (Å²) < 4.78 is 16.5. The normalized spacial score (nSPS) is 16.0. The average Bonchev–Trinajstić information content (AvgIpc) is 3.49. The van der Waals surface area contributed by atoms with Crippen molar-refractivity contribution in [3.05, 3.63) is 101 Å². The van der Waals surface area contributed by atoms with E-state index in [9.17, 15) is 65.1 Å². The summed E-state index contributed by atoms with van der Waals surface area (Å²) in [5, 5.41) is 89.4. The number of aromatic hydroxyl groups is 7. The lowest BCUT2D eigenvalue weighted by Crippen LogP contribution is -2.33. The molecule has 270 valence electrons. The fourth-order valence-corrected chi connectivity index (χ4v) is 5.55. The molecular formula is C36H30O16. The summed E-state index contributed by atoms with van der Waals surface area (Å²) in [7, 11) is 0. The van der Waals surface area contributed by atoms with Gasteiger partial charge in [0.2, 0.25) is 12.2 Å². The van der Waals surface area contributed by atoms with E-state index in [-0.39, 0.29) is 40.0 Å². The molecule has 0 amide bonds. The number of carbonyl (C=O) groups is 4. The molecule has 0 aliphatic carbocycles. The monoisotopic (exact) mass is 718 g/mol. The first-order valence-corrected chi connectivity index (χ1v) is 15.2. The van der Waals surface area contributed by atoms with Crippen molar-refractivity contribution in [2.24, 2.45) is 0 Å². The van der Waals surface area contributed by atoms with Gasteiger partial charge in [-0.05, 0) is 65.2 Å². The smallest absolute Gasteiger partial charge is 0.345 e. The zero-order valence-electron chi connectivity index (χ0n) is 26.6. The van der Waals surface area contributed by atoms with Crippen molar-refractivity contribution in [3.63, 3.8) is 0 Å². The second kappa shape index (κ2) is 14.8. The van der Waals surface area contributed by atoms with Gasteiger partial charge in [-0.15, -0.1) is 0 Å². The maximum Gasteiger partial charge on any atom is 0.345 e. The van der Waals surface area contributed by atoms with Crippen LogP contribution in [-0.4, -0.2) is 82.0 Å². The molecule has 0 bridgehead atoms. The molecule has 9 N–H and O–H groups in total. The molecule has 0 saturated carbocycles. The average molecular weight is 719 g/mol. The molecule has 4 atom stereocenters. The van der Waals surface area contributed by atoms with Gasteiger partial charge in [-0.1, -0.05) is 18.2 Å². The van der Waals surface area contributed by atoms with Crippen LogP contribution in [-0.2, 0) is 41.5 Å². The van der Waals surface area contributed by atoms with Gasteiger partial charge in [0, 0.05) is 36.1 Å². The van der Waals surface area contributed by atoms with Crippen LogP contribution < -0.4 is 4.74 Å². The van der Waals surface area contributed by atoms with Gasteiger partial charge in [0.25, 0.3) is 0 Å². The number of aliphatic carboxylic acids is 2. The van der Waals surface area contributed by atoms with E-state index in [1.165, 1.54) is 18.2 Å². The Balaban J connectivity index is 1.48. The summed E-state index contributed by atoms with van der Waals surface area (Å²) in [4.78, 5) is 50.9. The highest BCUT2D eigenvalue weighted by atomic mass is 16.6. The Morgan fingerprint density at radius 2 is 1.17 bits per heavy atom. The van der Waals surface area contributed by atoms with Crippen LogP contribution in [0.15, 0.2) is 72.8 Å². The molecule has 16 heteroatoms. The molecule has 4 unspecified atom stereocenters. The van der Waals surface area contributed by atoms with E-state index < -0.39 is 94.8 Å². The number of ether oxygens (including phenoxy) is 3. The standard InChI is InChI=1S/C36H30O16/c37-20-13-19(14-21(38)15-20)32-31(36(49)51-28(35(47)48)12-17-2-6-23(40)26(43)10-17)30-18(3-7-24(41)33(30)52-32)4-8-29(44)50-27(34(45)46)11-16-1-5-22(39)25(42)9-16/h1-10,13-15,27-28,31-32,37-43H,11-12H2,(H,45,46)(H,47,48)/b8-4+.